The second kappa shape index (κ2) is 9.42. The van der Waals surface area contributed by atoms with Crippen molar-refractivity contribution in [1.82, 2.24) is 4.90 Å². The van der Waals surface area contributed by atoms with E-state index in [0.29, 0.717) is 23.0 Å². The minimum Gasteiger partial charge on any atom is -0.495 e. The number of nitrogens with zero attached hydrogens (tertiary/aromatic N) is 2. The molecule has 0 radical (unpaired) electrons. The molecule has 0 fully saturated rings. The lowest BCUT2D eigenvalue weighted by atomic mass is 10.2. The molecule has 0 aliphatic carbocycles. The zero-order valence-corrected chi connectivity index (χ0v) is 16.9. The van der Waals surface area contributed by atoms with E-state index in [2.05, 4.69) is 0 Å². The molecule has 0 aliphatic rings. The highest BCUT2D eigenvalue weighted by molar-refractivity contribution is 6.32. The van der Waals surface area contributed by atoms with Crippen molar-refractivity contribution in [3.05, 3.63) is 59.1 Å². The summed E-state index contributed by atoms with van der Waals surface area (Å²) < 4.78 is 5.15. The summed E-state index contributed by atoms with van der Waals surface area (Å²) in [5, 5.41) is 0.388. The number of hydrogen-bond acceptors (Lipinski definition) is 3. The first kappa shape index (κ1) is 20.8. The first-order chi connectivity index (χ1) is 12.8. The largest absolute Gasteiger partial charge is 0.495 e. The average molecular weight is 389 g/mol. The van der Waals surface area contributed by atoms with Crippen molar-refractivity contribution in [1.29, 1.82) is 0 Å². The van der Waals surface area contributed by atoms with Crippen LogP contribution < -0.4 is 9.64 Å². The number of ether oxygens (including phenoxy) is 1. The molecule has 2 aromatic rings. The molecule has 0 unspecified atom stereocenters. The van der Waals surface area contributed by atoms with E-state index < -0.39 is 0 Å². The topological polar surface area (TPSA) is 49.9 Å². The summed E-state index contributed by atoms with van der Waals surface area (Å²) >= 11 is 6.18. The number of amides is 2. The van der Waals surface area contributed by atoms with Gasteiger partial charge in [0.2, 0.25) is 11.8 Å². The Balaban J connectivity index is 2.21. The summed E-state index contributed by atoms with van der Waals surface area (Å²) in [6.07, 6.45) is 0. The lowest BCUT2D eigenvalue weighted by Crippen LogP contribution is -2.44. The van der Waals surface area contributed by atoms with Gasteiger partial charge >= 0.3 is 0 Å². The molecule has 144 valence electrons. The van der Waals surface area contributed by atoms with E-state index in [-0.39, 0.29) is 24.4 Å². The Kier molecular flexibility index (Phi) is 7.25. The van der Waals surface area contributed by atoms with Crippen molar-refractivity contribution < 1.29 is 14.3 Å². The maximum atomic E-state index is 13.0. The number of carbonyl (C=O) groups excluding carboxylic acids is 2. The van der Waals surface area contributed by atoms with Crippen LogP contribution in [0.1, 0.15) is 26.3 Å². The van der Waals surface area contributed by atoms with Gasteiger partial charge in [-0.05, 0) is 37.6 Å². The normalized spacial score (nSPS) is 10.6. The standard InChI is InChI=1S/C21H25ClN2O3/c1-15(2)23(13-17-8-6-5-7-9-17)21(26)14-24(16(3)25)18-10-11-20(27-4)19(22)12-18/h5-12,15H,13-14H2,1-4H3. The summed E-state index contributed by atoms with van der Waals surface area (Å²) in [6, 6.07) is 14.8. The van der Waals surface area contributed by atoms with Gasteiger partial charge in [-0.2, -0.15) is 0 Å². The molecule has 0 heterocycles. The minimum atomic E-state index is -0.229. The van der Waals surface area contributed by atoms with Crippen molar-refractivity contribution in [3.63, 3.8) is 0 Å². The van der Waals surface area contributed by atoms with Crippen LogP contribution in [0, 0.1) is 0 Å². The highest BCUT2D eigenvalue weighted by Gasteiger charge is 2.23. The molecule has 2 amide bonds. The van der Waals surface area contributed by atoms with Crippen LogP contribution in [-0.2, 0) is 16.1 Å². The Morgan fingerprint density at radius 2 is 1.78 bits per heavy atom. The maximum absolute atomic E-state index is 13.0. The van der Waals surface area contributed by atoms with Crippen LogP contribution in [0.4, 0.5) is 5.69 Å². The lowest BCUT2D eigenvalue weighted by molar-refractivity contribution is -0.133. The number of hydrogen-bond donors (Lipinski definition) is 0. The predicted molar refractivity (Wildman–Crippen MR) is 108 cm³/mol. The second-order valence-electron chi connectivity index (χ2n) is 6.52. The Morgan fingerprint density at radius 1 is 1.11 bits per heavy atom. The SMILES string of the molecule is COc1ccc(N(CC(=O)N(Cc2ccccc2)C(C)C)C(C)=O)cc1Cl. The molecule has 5 nitrogen and oxygen atoms in total. The summed E-state index contributed by atoms with van der Waals surface area (Å²) in [5.41, 5.74) is 1.60. The number of rotatable bonds is 7. The van der Waals surface area contributed by atoms with E-state index in [1.165, 1.54) is 18.9 Å². The molecule has 0 saturated carbocycles. The third-order valence-electron chi connectivity index (χ3n) is 4.26. The van der Waals surface area contributed by atoms with Crippen LogP contribution in [-0.4, -0.2) is 36.4 Å². The third kappa shape index (κ3) is 5.47. The van der Waals surface area contributed by atoms with Gasteiger partial charge in [-0.1, -0.05) is 41.9 Å². The fourth-order valence-electron chi connectivity index (χ4n) is 2.77. The Hall–Kier alpha value is -2.53. The van der Waals surface area contributed by atoms with E-state index in [9.17, 15) is 9.59 Å². The molecule has 0 N–H and O–H groups in total. The fourth-order valence-corrected chi connectivity index (χ4v) is 3.02. The molecule has 2 rings (SSSR count). The smallest absolute Gasteiger partial charge is 0.243 e. The van der Waals surface area contributed by atoms with Crippen molar-refractivity contribution in [2.24, 2.45) is 0 Å². The molecule has 0 atom stereocenters. The molecule has 6 heteroatoms. The summed E-state index contributed by atoms with van der Waals surface area (Å²) in [5.74, 6) is 0.159. The van der Waals surface area contributed by atoms with Gasteiger partial charge in [0.1, 0.15) is 12.3 Å². The van der Waals surface area contributed by atoms with Gasteiger partial charge in [-0.15, -0.1) is 0 Å². The number of benzene rings is 2. The predicted octanol–water partition coefficient (Wildman–Crippen LogP) is 4.14. The van der Waals surface area contributed by atoms with Crippen LogP contribution in [0.15, 0.2) is 48.5 Å². The van der Waals surface area contributed by atoms with Crippen LogP contribution in [0.25, 0.3) is 0 Å². The minimum absolute atomic E-state index is 0.00553. The van der Waals surface area contributed by atoms with Gasteiger partial charge in [0, 0.05) is 25.2 Å². The van der Waals surface area contributed by atoms with Crippen molar-refractivity contribution in [2.75, 3.05) is 18.6 Å². The van der Waals surface area contributed by atoms with Gasteiger partial charge in [0.25, 0.3) is 0 Å². The second-order valence-corrected chi connectivity index (χ2v) is 6.93. The van der Waals surface area contributed by atoms with Gasteiger partial charge < -0.3 is 14.5 Å². The molecule has 27 heavy (non-hydrogen) atoms. The van der Waals surface area contributed by atoms with Crippen LogP contribution >= 0.6 is 11.6 Å². The molecule has 0 aromatic heterocycles. The van der Waals surface area contributed by atoms with Crippen LogP contribution in [0.3, 0.4) is 0 Å². The number of carbonyl (C=O) groups is 2. The van der Waals surface area contributed by atoms with Crippen molar-refractivity contribution in [3.8, 4) is 5.75 Å². The highest BCUT2D eigenvalue weighted by Crippen LogP contribution is 2.29. The summed E-state index contributed by atoms with van der Waals surface area (Å²) in [4.78, 5) is 28.3. The Morgan fingerprint density at radius 3 is 2.30 bits per heavy atom. The molecule has 0 spiro atoms. The van der Waals surface area contributed by atoms with Gasteiger partial charge in [-0.3, -0.25) is 9.59 Å². The monoisotopic (exact) mass is 388 g/mol. The first-order valence-electron chi connectivity index (χ1n) is 8.78. The van der Waals surface area contributed by atoms with E-state index in [4.69, 9.17) is 16.3 Å². The quantitative estimate of drug-likeness (QED) is 0.716. The summed E-state index contributed by atoms with van der Waals surface area (Å²) in [7, 11) is 1.53. The van der Waals surface area contributed by atoms with Gasteiger partial charge in [-0.25, -0.2) is 0 Å². The Bertz CT molecular complexity index is 793. The Labute approximate surface area is 165 Å². The van der Waals surface area contributed by atoms with E-state index >= 15 is 0 Å². The van der Waals surface area contributed by atoms with Gasteiger partial charge in [0.15, 0.2) is 0 Å². The number of anilines is 1. The molecular formula is C21H25ClN2O3. The zero-order valence-electron chi connectivity index (χ0n) is 16.1. The number of halogens is 1. The highest BCUT2D eigenvalue weighted by atomic mass is 35.5. The van der Waals surface area contributed by atoms with Crippen molar-refractivity contribution in [2.45, 2.75) is 33.4 Å². The zero-order chi connectivity index (χ0) is 20.0. The fraction of sp³-hybridized carbons (Fsp3) is 0.333. The van der Waals surface area contributed by atoms with Crippen LogP contribution in [0.5, 0.6) is 5.75 Å². The van der Waals surface area contributed by atoms with E-state index in [1.54, 1.807) is 23.1 Å². The molecular weight excluding hydrogens is 364 g/mol. The molecule has 0 saturated heterocycles. The average Bonchev–Trinajstić information content (AvgIpc) is 2.64. The molecule has 0 aliphatic heterocycles. The van der Waals surface area contributed by atoms with E-state index in [1.807, 2.05) is 44.2 Å². The van der Waals surface area contributed by atoms with Gasteiger partial charge in [0.05, 0.1) is 12.1 Å². The van der Waals surface area contributed by atoms with E-state index in [0.717, 1.165) is 5.56 Å². The third-order valence-corrected chi connectivity index (χ3v) is 4.56. The number of methoxy groups -OCH3 is 1. The molecule has 2 aromatic carbocycles. The first-order valence-corrected chi connectivity index (χ1v) is 9.16. The van der Waals surface area contributed by atoms with Crippen molar-refractivity contribution >= 4 is 29.1 Å². The van der Waals surface area contributed by atoms with Crippen LogP contribution in [0.2, 0.25) is 5.02 Å². The molecule has 0 bridgehead atoms. The maximum Gasteiger partial charge on any atom is 0.243 e. The lowest BCUT2D eigenvalue weighted by Gasteiger charge is -2.30. The summed E-state index contributed by atoms with van der Waals surface area (Å²) in [6.45, 7) is 5.80.